The Bertz CT molecular complexity index is 1170. The van der Waals surface area contributed by atoms with Crippen LogP contribution in [0, 0.1) is 5.82 Å². The summed E-state index contributed by atoms with van der Waals surface area (Å²) < 4.78 is 48.1. The number of ether oxygens (including phenoxy) is 1. The third-order valence-corrected chi connectivity index (χ3v) is 10.6. The highest BCUT2D eigenvalue weighted by Crippen LogP contribution is 2.48. The normalized spacial score (nSPS) is 26.1. The fourth-order valence-corrected chi connectivity index (χ4v) is 8.06. The van der Waals surface area contributed by atoms with Crippen LogP contribution in [0.25, 0.3) is 0 Å². The number of anilines is 1. The SMILES string of the molecule is CC1(C)C(N)=N[C@](C)(c2nc(NC(=O)c3ccc(OCF)cn3)ccc2F)[C@H]2CCN[SH]21=O. The number of nitrogens with zero attached hydrogens (tertiary/aromatic N) is 3. The summed E-state index contributed by atoms with van der Waals surface area (Å²) in [7, 11) is -3.09. The second-order valence-corrected chi connectivity index (χ2v) is 12.1. The largest absolute Gasteiger partial charge is 0.461 e. The minimum Gasteiger partial charge on any atom is -0.461 e. The van der Waals surface area contributed by atoms with Crippen LogP contribution in [0.1, 0.15) is 43.4 Å². The molecule has 0 saturated carbocycles. The van der Waals surface area contributed by atoms with Crippen molar-refractivity contribution in [2.75, 3.05) is 18.7 Å². The molecular formula is C21H26F2N6O3S. The number of nitrogens with two attached hydrogens (primary N) is 1. The lowest BCUT2D eigenvalue weighted by atomic mass is 9.90. The molecule has 4 N–H and O–H groups in total. The zero-order valence-corrected chi connectivity index (χ0v) is 19.3. The number of thiol groups is 1. The summed E-state index contributed by atoms with van der Waals surface area (Å²) in [6.07, 6.45) is 1.73. The highest BCUT2D eigenvalue weighted by Gasteiger charge is 2.59. The molecular weight excluding hydrogens is 454 g/mol. The van der Waals surface area contributed by atoms with Crippen LogP contribution in [0.5, 0.6) is 5.75 Å². The van der Waals surface area contributed by atoms with Gasteiger partial charge in [-0.15, -0.1) is 0 Å². The first-order valence-corrected chi connectivity index (χ1v) is 12.1. The smallest absolute Gasteiger partial charge is 0.275 e. The average molecular weight is 481 g/mol. The van der Waals surface area contributed by atoms with Gasteiger partial charge in [0.1, 0.15) is 40.1 Å². The molecule has 1 amide bonds. The molecule has 0 unspecified atom stereocenters. The van der Waals surface area contributed by atoms with Gasteiger partial charge in [0.15, 0.2) is 0 Å². The van der Waals surface area contributed by atoms with Crippen molar-refractivity contribution in [1.29, 1.82) is 0 Å². The summed E-state index contributed by atoms with van der Waals surface area (Å²) in [5.74, 6) is -0.833. The lowest BCUT2D eigenvalue weighted by Crippen LogP contribution is -2.64. The highest BCUT2D eigenvalue weighted by atomic mass is 32.3. The van der Waals surface area contributed by atoms with Gasteiger partial charge in [0, 0.05) is 6.54 Å². The Kier molecular flexibility index (Phi) is 5.69. The van der Waals surface area contributed by atoms with Gasteiger partial charge in [0.05, 0.1) is 16.2 Å². The summed E-state index contributed by atoms with van der Waals surface area (Å²) in [5, 5.41) is 2.06. The Balaban J connectivity index is 1.68. The molecule has 2 atom stereocenters. The maximum Gasteiger partial charge on any atom is 0.275 e. The summed E-state index contributed by atoms with van der Waals surface area (Å²) in [5.41, 5.74) is 4.92. The molecule has 1 saturated heterocycles. The predicted octanol–water partition coefficient (Wildman–Crippen LogP) is 1.83. The molecule has 2 aromatic heterocycles. The van der Waals surface area contributed by atoms with Crippen LogP contribution >= 0.6 is 0 Å². The van der Waals surface area contributed by atoms with E-state index in [0.717, 1.165) is 0 Å². The van der Waals surface area contributed by atoms with Gasteiger partial charge in [0.25, 0.3) is 5.91 Å². The van der Waals surface area contributed by atoms with E-state index in [1.165, 1.54) is 30.5 Å². The molecule has 2 aromatic rings. The van der Waals surface area contributed by atoms with E-state index < -0.39 is 44.2 Å². The van der Waals surface area contributed by atoms with Crippen LogP contribution in [0.2, 0.25) is 0 Å². The second-order valence-electron chi connectivity index (χ2n) is 8.69. The number of aliphatic imine (C=N–C) groups is 1. The summed E-state index contributed by atoms with van der Waals surface area (Å²) in [6, 6.07) is 5.25. The Morgan fingerprint density at radius 2 is 2.09 bits per heavy atom. The summed E-state index contributed by atoms with van der Waals surface area (Å²) in [4.78, 5) is 25.4. The van der Waals surface area contributed by atoms with Crippen LogP contribution in [-0.4, -0.2) is 49.3 Å². The van der Waals surface area contributed by atoms with Crippen LogP contribution < -0.4 is 20.5 Å². The van der Waals surface area contributed by atoms with Gasteiger partial charge in [-0.2, -0.15) is 0 Å². The Labute approximate surface area is 190 Å². The molecule has 1 fully saturated rings. The van der Waals surface area contributed by atoms with Gasteiger partial charge in [-0.3, -0.25) is 18.7 Å². The number of aromatic nitrogens is 2. The molecule has 2 aliphatic rings. The maximum absolute atomic E-state index is 15.0. The third-order valence-electron chi connectivity index (χ3n) is 6.42. The van der Waals surface area contributed by atoms with E-state index in [-0.39, 0.29) is 28.8 Å². The standard InChI is InChI=1S/C21H26F2N6O3S/c1-20(2)19(24)29-21(3,15-8-9-26-33(15,20)31)17-13(23)5-7-16(27-17)28-18(30)14-6-4-12(10-25-14)32-11-22/h4-7,10,15,33H,8-9,11H2,1-3H3,(H2,24,29)(H,26,31)(H,27,28,30)/t15-,21+/m1/s1. The van der Waals surface area contributed by atoms with Crippen LogP contribution in [-0.2, 0) is 15.7 Å². The maximum atomic E-state index is 15.0. The van der Waals surface area contributed by atoms with E-state index in [9.17, 15) is 13.4 Å². The molecule has 33 heavy (non-hydrogen) atoms. The van der Waals surface area contributed by atoms with Gasteiger partial charge >= 0.3 is 0 Å². The molecule has 0 bridgehead atoms. The lowest BCUT2D eigenvalue weighted by Gasteiger charge is -2.50. The number of nitrogens with one attached hydrogen (secondary N) is 2. The van der Waals surface area contributed by atoms with Crippen LogP contribution in [0.3, 0.4) is 0 Å². The zero-order valence-electron chi connectivity index (χ0n) is 18.4. The molecule has 2 aliphatic heterocycles. The summed E-state index contributed by atoms with van der Waals surface area (Å²) in [6.45, 7) is 4.70. The average Bonchev–Trinajstić information content (AvgIpc) is 3.19. The number of amides is 1. The van der Waals surface area contributed by atoms with Gasteiger partial charge in [-0.1, -0.05) is 0 Å². The van der Waals surface area contributed by atoms with Crippen molar-refractivity contribution in [2.24, 2.45) is 10.7 Å². The minimum absolute atomic E-state index is 0.0336. The number of alkyl halides is 1. The van der Waals surface area contributed by atoms with E-state index in [0.29, 0.717) is 13.0 Å². The number of rotatable bonds is 5. The monoisotopic (exact) mass is 480 g/mol. The van der Waals surface area contributed by atoms with E-state index in [2.05, 4.69) is 29.7 Å². The Hall–Kier alpha value is -2.99. The molecule has 0 spiro atoms. The summed E-state index contributed by atoms with van der Waals surface area (Å²) >= 11 is 0. The van der Waals surface area contributed by atoms with Gasteiger partial charge in [0.2, 0.25) is 6.86 Å². The van der Waals surface area contributed by atoms with E-state index in [1.54, 1.807) is 20.8 Å². The van der Waals surface area contributed by atoms with Crippen molar-refractivity contribution in [2.45, 2.75) is 42.7 Å². The molecule has 4 rings (SSSR count). The fourth-order valence-electron chi connectivity index (χ4n) is 4.43. The van der Waals surface area contributed by atoms with Crippen molar-refractivity contribution in [3.8, 4) is 5.75 Å². The van der Waals surface area contributed by atoms with Crippen molar-refractivity contribution in [3.63, 3.8) is 0 Å². The number of carbonyl (C=O) groups is 1. The molecule has 0 aliphatic carbocycles. The van der Waals surface area contributed by atoms with Crippen molar-refractivity contribution >= 4 is 27.7 Å². The van der Waals surface area contributed by atoms with Gasteiger partial charge in [-0.25, -0.2) is 18.7 Å². The second kappa shape index (κ2) is 8.10. The third kappa shape index (κ3) is 3.66. The van der Waals surface area contributed by atoms with E-state index >= 15 is 4.39 Å². The number of fused-ring (bicyclic) bond motifs is 1. The first-order chi connectivity index (χ1) is 15.5. The number of pyridine rings is 2. The zero-order chi connectivity index (χ0) is 24.0. The van der Waals surface area contributed by atoms with Crippen molar-refractivity contribution in [1.82, 2.24) is 14.7 Å². The minimum atomic E-state index is -3.09. The number of amidine groups is 1. The van der Waals surface area contributed by atoms with Crippen molar-refractivity contribution in [3.05, 3.63) is 47.7 Å². The molecule has 0 aromatic carbocycles. The number of carbonyl (C=O) groups excluding carboxylic acids is 1. The number of hydrogen-bond acceptors (Lipinski definition) is 7. The molecule has 0 radical (unpaired) electrons. The van der Waals surface area contributed by atoms with Crippen LogP contribution in [0.15, 0.2) is 35.5 Å². The highest BCUT2D eigenvalue weighted by molar-refractivity contribution is 8.04. The fraction of sp³-hybridized carbons (Fsp3) is 0.429. The number of halogens is 2. The van der Waals surface area contributed by atoms with Gasteiger partial charge < -0.3 is 15.8 Å². The Morgan fingerprint density at radius 3 is 2.76 bits per heavy atom. The molecule has 12 heteroatoms. The predicted molar refractivity (Wildman–Crippen MR) is 122 cm³/mol. The first-order valence-electron chi connectivity index (χ1n) is 10.4. The van der Waals surface area contributed by atoms with E-state index in [4.69, 9.17) is 5.73 Å². The topological polar surface area (TPSA) is 132 Å². The quantitative estimate of drug-likeness (QED) is 0.483. The lowest BCUT2D eigenvalue weighted by molar-refractivity contribution is 0.102. The number of hydrogen-bond donors (Lipinski definition) is 4. The molecule has 9 nitrogen and oxygen atoms in total. The Morgan fingerprint density at radius 1 is 1.33 bits per heavy atom. The van der Waals surface area contributed by atoms with Gasteiger partial charge in [-0.05, 0) is 61.6 Å². The van der Waals surface area contributed by atoms with Crippen molar-refractivity contribution < 1.29 is 22.5 Å². The molecule has 178 valence electrons. The first kappa shape index (κ1) is 23.2. The van der Waals surface area contributed by atoms with E-state index in [1.807, 2.05) is 0 Å². The van der Waals surface area contributed by atoms with Crippen LogP contribution in [0.4, 0.5) is 14.6 Å². The molecule has 4 heterocycles.